The highest BCUT2D eigenvalue weighted by atomic mass is 32.2. The molecule has 0 radical (unpaired) electrons. The minimum absolute atomic E-state index is 0.815. The maximum absolute atomic E-state index is 3.58. The Morgan fingerprint density at radius 1 is 1.36 bits per heavy atom. The van der Waals surface area contributed by atoms with Crippen LogP contribution in [0.25, 0.3) is 0 Å². The number of hydrogen-bond acceptors (Lipinski definition) is 2. The normalized spacial score (nSPS) is 21.8. The van der Waals surface area contributed by atoms with E-state index in [1.165, 1.54) is 18.1 Å². The van der Waals surface area contributed by atoms with Crippen LogP contribution in [0.1, 0.15) is 20.8 Å². The van der Waals surface area contributed by atoms with Crippen LogP contribution in [0.15, 0.2) is 0 Å². The Morgan fingerprint density at radius 3 is 2.36 bits per heavy atom. The Kier molecular flexibility index (Phi) is 3.73. The van der Waals surface area contributed by atoms with E-state index in [1.54, 1.807) is 0 Å². The van der Waals surface area contributed by atoms with Crippen molar-refractivity contribution < 1.29 is 0 Å². The maximum atomic E-state index is 3.58. The van der Waals surface area contributed by atoms with Crippen LogP contribution in [0.5, 0.6) is 0 Å². The molecule has 0 aromatic heterocycles. The van der Waals surface area contributed by atoms with Crippen LogP contribution in [0, 0.1) is 11.8 Å². The van der Waals surface area contributed by atoms with Gasteiger partial charge in [0.05, 0.1) is 0 Å². The fraction of sp³-hybridized carbons (Fsp3) is 1.00. The van der Waals surface area contributed by atoms with Crippen LogP contribution >= 0.6 is 11.8 Å². The van der Waals surface area contributed by atoms with Gasteiger partial charge in [-0.2, -0.15) is 11.8 Å². The van der Waals surface area contributed by atoms with E-state index in [0.717, 1.165) is 17.9 Å². The third-order valence-corrected chi connectivity index (χ3v) is 3.78. The van der Waals surface area contributed by atoms with E-state index in [4.69, 9.17) is 0 Å². The largest absolute Gasteiger partial charge is 0.312 e. The van der Waals surface area contributed by atoms with E-state index >= 15 is 0 Å². The predicted molar refractivity (Wildman–Crippen MR) is 53.1 cm³/mol. The van der Waals surface area contributed by atoms with Crippen molar-refractivity contribution in [2.45, 2.75) is 26.8 Å². The molecule has 1 nitrogen and oxygen atoms in total. The van der Waals surface area contributed by atoms with Crippen LogP contribution in [0.4, 0.5) is 0 Å². The zero-order valence-corrected chi connectivity index (χ0v) is 8.58. The summed E-state index contributed by atoms with van der Waals surface area (Å²) < 4.78 is 0. The standard InChI is InChI=1S/C9H19NS/c1-7(2)8(3)4-10-9-5-11-6-9/h7-10H,4-6H2,1-3H3. The van der Waals surface area contributed by atoms with Crippen molar-refractivity contribution in [1.29, 1.82) is 0 Å². The minimum Gasteiger partial charge on any atom is -0.312 e. The van der Waals surface area contributed by atoms with Crippen LogP contribution in [-0.4, -0.2) is 24.1 Å². The molecule has 1 fully saturated rings. The smallest absolute Gasteiger partial charge is 0.0248 e. The van der Waals surface area contributed by atoms with Gasteiger partial charge in [-0.25, -0.2) is 0 Å². The summed E-state index contributed by atoms with van der Waals surface area (Å²) in [4.78, 5) is 0. The van der Waals surface area contributed by atoms with Crippen molar-refractivity contribution >= 4 is 11.8 Å². The maximum Gasteiger partial charge on any atom is 0.0248 e. The lowest BCUT2D eigenvalue weighted by Crippen LogP contribution is -2.42. The average Bonchev–Trinajstić information content (AvgIpc) is 1.83. The van der Waals surface area contributed by atoms with Gasteiger partial charge in [0, 0.05) is 17.5 Å². The van der Waals surface area contributed by atoms with Gasteiger partial charge in [0.25, 0.3) is 0 Å². The summed E-state index contributed by atoms with van der Waals surface area (Å²) in [6.45, 7) is 8.11. The molecule has 1 unspecified atom stereocenters. The van der Waals surface area contributed by atoms with Crippen molar-refractivity contribution in [1.82, 2.24) is 5.32 Å². The van der Waals surface area contributed by atoms with Gasteiger partial charge in [-0.3, -0.25) is 0 Å². The second kappa shape index (κ2) is 4.36. The third-order valence-electron chi connectivity index (χ3n) is 2.50. The first kappa shape index (κ1) is 9.40. The van der Waals surface area contributed by atoms with Crippen molar-refractivity contribution in [3.63, 3.8) is 0 Å². The highest BCUT2D eigenvalue weighted by Crippen LogP contribution is 2.18. The molecule has 0 aromatic carbocycles. The second-order valence-corrected chi connectivity index (χ2v) is 4.94. The Hall–Kier alpha value is 0.310. The molecule has 0 bridgehead atoms. The fourth-order valence-electron chi connectivity index (χ4n) is 0.942. The van der Waals surface area contributed by atoms with E-state index in [2.05, 4.69) is 26.1 Å². The number of hydrogen-bond donors (Lipinski definition) is 1. The Bertz CT molecular complexity index is 110. The Labute approximate surface area is 74.3 Å². The Balaban J connectivity index is 2.01. The summed E-state index contributed by atoms with van der Waals surface area (Å²) in [7, 11) is 0. The summed E-state index contributed by atoms with van der Waals surface area (Å²) >= 11 is 2.04. The van der Waals surface area contributed by atoms with Gasteiger partial charge >= 0.3 is 0 Å². The first-order chi connectivity index (χ1) is 5.20. The Morgan fingerprint density at radius 2 is 2.00 bits per heavy atom. The molecule has 0 saturated carbocycles. The lowest BCUT2D eigenvalue weighted by molar-refractivity contribution is 0.378. The van der Waals surface area contributed by atoms with Crippen molar-refractivity contribution in [2.75, 3.05) is 18.1 Å². The molecule has 1 N–H and O–H groups in total. The van der Waals surface area contributed by atoms with E-state index in [-0.39, 0.29) is 0 Å². The number of nitrogens with one attached hydrogen (secondary N) is 1. The zero-order valence-electron chi connectivity index (χ0n) is 7.76. The topological polar surface area (TPSA) is 12.0 Å². The van der Waals surface area contributed by atoms with Gasteiger partial charge in [-0.15, -0.1) is 0 Å². The summed E-state index contributed by atoms with van der Waals surface area (Å²) in [5, 5.41) is 3.58. The zero-order chi connectivity index (χ0) is 8.27. The molecule has 66 valence electrons. The molecule has 1 aliphatic heterocycles. The summed E-state index contributed by atoms with van der Waals surface area (Å²) in [5.41, 5.74) is 0. The van der Waals surface area contributed by atoms with Gasteiger partial charge in [0.2, 0.25) is 0 Å². The van der Waals surface area contributed by atoms with Crippen LogP contribution < -0.4 is 5.32 Å². The molecule has 0 aromatic rings. The SMILES string of the molecule is CC(C)C(C)CNC1CSC1. The van der Waals surface area contributed by atoms with Crippen LogP contribution in [0.2, 0.25) is 0 Å². The van der Waals surface area contributed by atoms with Gasteiger partial charge in [0.1, 0.15) is 0 Å². The van der Waals surface area contributed by atoms with E-state index in [1.807, 2.05) is 11.8 Å². The van der Waals surface area contributed by atoms with Crippen molar-refractivity contribution in [3.8, 4) is 0 Å². The fourth-order valence-corrected chi connectivity index (χ4v) is 1.65. The first-order valence-electron chi connectivity index (χ1n) is 4.51. The molecule has 0 aliphatic carbocycles. The minimum atomic E-state index is 0.815. The summed E-state index contributed by atoms with van der Waals surface area (Å²) in [6, 6.07) is 0.821. The highest BCUT2D eigenvalue weighted by Gasteiger charge is 2.18. The number of rotatable bonds is 4. The monoisotopic (exact) mass is 173 g/mol. The molecular weight excluding hydrogens is 154 g/mol. The quantitative estimate of drug-likeness (QED) is 0.697. The van der Waals surface area contributed by atoms with Gasteiger partial charge in [0.15, 0.2) is 0 Å². The molecule has 2 heteroatoms. The highest BCUT2D eigenvalue weighted by molar-refractivity contribution is 8.00. The third kappa shape index (κ3) is 3.04. The average molecular weight is 173 g/mol. The van der Waals surface area contributed by atoms with Crippen molar-refractivity contribution in [2.24, 2.45) is 11.8 Å². The molecular formula is C9H19NS. The van der Waals surface area contributed by atoms with Gasteiger partial charge in [-0.05, 0) is 18.4 Å². The predicted octanol–water partition coefficient (Wildman–Crippen LogP) is 1.98. The molecule has 11 heavy (non-hydrogen) atoms. The molecule has 0 amide bonds. The van der Waals surface area contributed by atoms with Crippen LogP contribution in [0.3, 0.4) is 0 Å². The molecule has 0 spiro atoms. The molecule has 1 aliphatic rings. The van der Waals surface area contributed by atoms with E-state index in [9.17, 15) is 0 Å². The first-order valence-corrected chi connectivity index (χ1v) is 5.66. The molecule has 1 heterocycles. The molecule has 1 atom stereocenters. The molecule has 1 saturated heterocycles. The van der Waals surface area contributed by atoms with Crippen molar-refractivity contribution in [3.05, 3.63) is 0 Å². The molecule has 1 rings (SSSR count). The lowest BCUT2D eigenvalue weighted by atomic mass is 9.98. The summed E-state index contributed by atoms with van der Waals surface area (Å²) in [5.74, 6) is 4.28. The lowest BCUT2D eigenvalue weighted by Gasteiger charge is -2.28. The second-order valence-electron chi connectivity index (χ2n) is 3.86. The summed E-state index contributed by atoms with van der Waals surface area (Å²) in [6.07, 6.45) is 0. The van der Waals surface area contributed by atoms with Crippen LogP contribution in [-0.2, 0) is 0 Å². The van der Waals surface area contributed by atoms with E-state index in [0.29, 0.717) is 0 Å². The van der Waals surface area contributed by atoms with E-state index < -0.39 is 0 Å². The van der Waals surface area contributed by atoms with Gasteiger partial charge in [-0.1, -0.05) is 20.8 Å². The van der Waals surface area contributed by atoms with Gasteiger partial charge < -0.3 is 5.32 Å². The number of thioether (sulfide) groups is 1.